The van der Waals surface area contributed by atoms with Crippen molar-refractivity contribution in [3.63, 3.8) is 0 Å². The molecule has 0 amide bonds. The topological polar surface area (TPSA) is 26.0 Å². The molecule has 0 aliphatic carbocycles. The van der Waals surface area contributed by atoms with E-state index < -0.39 is 8.07 Å². The molecular weight excluding hydrogens is 126 g/mol. The molecule has 2 heteroatoms. The molecular formula is C7H17NSi. The Kier molecular flexibility index (Phi) is 3.15. The average molecular weight is 143 g/mol. The number of rotatable bonds is 3. The minimum Gasteiger partial charge on any atom is -0.325 e. The lowest BCUT2D eigenvalue weighted by Crippen LogP contribution is -2.30. The zero-order valence-corrected chi connectivity index (χ0v) is 7.65. The van der Waals surface area contributed by atoms with Gasteiger partial charge >= 0.3 is 0 Å². The quantitative estimate of drug-likeness (QED) is 0.473. The third kappa shape index (κ3) is 5.79. The minimum atomic E-state index is -0.938. The van der Waals surface area contributed by atoms with Crippen LogP contribution < -0.4 is 5.73 Å². The van der Waals surface area contributed by atoms with Gasteiger partial charge in [0.25, 0.3) is 0 Å². The van der Waals surface area contributed by atoms with Gasteiger partial charge < -0.3 is 5.73 Å². The number of hydrogen-bond donors (Lipinski definition) is 1. The summed E-state index contributed by atoms with van der Waals surface area (Å²) in [5.41, 5.74) is 5.68. The Morgan fingerprint density at radius 2 is 2.00 bits per heavy atom. The van der Waals surface area contributed by atoms with Gasteiger partial charge in [0.05, 0.1) is 0 Å². The molecule has 1 unspecified atom stereocenters. The van der Waals surface area contributed by atoms with Crippen LogP contribution >= 0.6 is 0 Å². The molecule has 0 aromatic carbocycles. The van der Waals surface area contributed by atoms with Crippen LogP contribution in [0.5, 0.6) is 0 Å². The summed E-state index contributed by atoms with van der Waals surface area (Å²) in [4.78, 5) is 0. The molecule has 9 heavy (non-hydrogen) atoms. The molecule has 0 saturated heterocycles. The van der Waals surface area contributed by atoms with E-state index in [0.29, 0.717) is 0 Å². The summed E-state index contributed by atoms with van der Waals surface area (Å²) in [6.07, 6.45) is 1.83. The minimum absolute atomic E-state index is 0.219. The van der Waals surface area contributed by atoms with Crippen LogP contribution in [0, 0.1) is 0 Å². The van der Waals surface area contributed by atoms with Crippen LogP contribution in [0.25, 0.3) is 0 Å². The summed E-state index contributed by atoms with van der Waals surface area (Å²) >= 11 is 0. The maximum absolute atomic E-state index is 5.68. The van der Waals surface area contributed by atoms with Crippen LogP contribution in [-0.2, 0) is 0 Å². The van der Waals surface area contributed by atoms with E-state index in [1.165, 1.54) is 0 Å². The van der Waals surface area contributed by atoms with Crippen LogP contribution in [-0.4, -0.2) is 14.1 Å². The van der Waals surface area contributed by atoms with Crippen molar-refractivity contribution >= 4 is 8.07 Å². The second-order valence-corrected chi connectivity index (χ2v) is 9.19. The predicted octanol–water partition coefficient (Wildman–Crippen LogP) is 1.84. The second-order valence-electron chi connectivity index (χ2n) is 3.66. The molecule has 0 saturated carbocycles. The lowest BCUT2D eigenvalue weighted by atomic mass is 10.4. The summed E-state index contributed by atoms with van der Waals surface area (Å²) < 4.78 is 0. The van der Waals surface area contributed by atoms with E-state index in [2.05, 4.69) is 26.2 Å². The highest BCUT2D eigenvalue weighted by Gasteiger charge is 2.14. The lowest BCUT2D eigenvalue weighted by Gasteiger charge is -2.18. The Morgan fingerprint density at radius 1 is 1.56 bits per heavy atom. The first kappa shape index (κ1) is 8.92. The molecule has 0 fully saturated rings. The maximum atomic E-state index is 5.68. The largest absolute Gasteiger partial charge is 0.325 e. The van der Waals surface area contributed by atoms with Crippen molar-refractivity contribution in [1.29, 1.82) is 0 Å². The molecule has 2 N–H and O–H groups in total. The van der Waals surface area contributed by atoms with E-state index in [4.69, 9.17) is 5.73 Å². The van der Waals surface area contributed by atoms with E-state index in [9.17, 15) is 0 Å². The van der Waals surface area contributed by atoms with E-state index in [0.717, 1.165) is 6.04 Å². The predicted molar refractivity (Wildman–Crippen MR) is 46.3 cm³/mol. The van der Waals surface area contributed by atoms with Crippen LogP contribution in [0.4, 0.5) is 0 Å². The van der Waals surface area contributed by atoms with Gasteiger partial charge in [-0.1, -0.05) is 25.7 Å². The monoisotopic (exact) mass is 143 g/mol. The van der Waals surface area contributed by atoms with Crippen LogP contribution in [0.1, 0.15) is 0 Å². The maximum Gasteiger partial charge on any atom is 0.0461 e. The molecule has 0 rings (SSSR count). The van der Waals surface area contributed by atoms with Crippen LogP contribution in [0.15, 0.2) is 12.7 Å². The van der Waals surface area contributed by atoms with Crippen LogP contribution in [0.3, 0.4) is 0 Å². The molecule has 54 valence electrons. The normalized spacial score (nSPS) is 15.1. The standard InChI is InChI=1S/C7H17NSi/c1-5-7(8)6-9(2,3)4/h5,7H,1,6,8H2,2-4H3. The zero-order valence-electron chi connectivity index (χ0n) is 6.65. The van der Waals surface area contributed by atoms with Crippen molar-refractivity contribution in [2.24, 2.45) is 5.73 Å². The highest BCUT2D eigenvalue weighted by molar-refractivity contribution is 6.76. The van der Waals surface area contributed by atoms with E-state index in [1.807, 2.05) is 6.08 Å². The highest BCUT2D eigenvalue weighted by atomic mass is 28.3. The average Bonchev–Trinajstić information content (AvgIpc) is 1.62. The molecule has 0 bridgehead atoms. The Labute approximate surface area is 59.0 Å². The highest BCUT2D eigenvalue weighted by Crippen LogP contribution is 2.09. The van der Waals surface area contributed by atoms with E-state index in [-0.39, 0.29) is 6.04 Å². The van der Waals surface area contributed by atoms with Gasteiger partial charge in [-0.05, 0) is 6.04 Å². The Hall–Kier alpha value is -0.0831. The SMILES string of the molecule is C=CC(N)C[Si](C)(C)C. The van der Waals surface area contributed by atoms with Gasteiger partial charge in [0.15, 0.2) is 0 Å². The molecule has 0 aromatic rings. The number of nitrogens with two attached hydrogens (primary N) is 1. The third-order valence-electron chi connectivity index (χ3n) is 1.15. The molecule has 0 radical (unpaired) electrons. The Balaban J connectivity index is 3.59. The van der Waals surface area contributed by atoms with Gasteiger partial charge in [-0.25, -0.2) is 0 Å². The summed E-state index contributed by atoms with van der Waals surface area (Å²) in [5.74, 6) is 0. The fraction of sp³-hybridized carbons (Fsp3) is 0.714. The molecule has 1 nitrogen and oxygen atoms in total. The Morgan fingerprint density at radius 3 is 2.11 bits per heavy atom. The first-order chi connectivity index (χ1) is 3.95. The lowest BCUT2D eigenvalue weighted by molar-refractivity contribution is 0.904. The van der Waals surface area contributed by atoms with E-state index in [1.54, 1.807) is 0 Å². The summed E-state index contributed by atoms with van der Waals surface area (Å²) in [6, 6.07) is 1.37. The van der Waals surface area contributed by atoms with Gasteiger partial charge in [-0.2, -0.15) is 0 Å². The summed E-state index contributed by atoms with van der Waals surface area (Å²) in [7, 11) is -0.938. The first-order valence-electron chi connectivity index (χ1n) is 3.34. The summed E-state index contributed by atoms with van der Waals surface area (Å²) in [6.45, 7) is 10.6. The Bertz CT molecular complexity index is 93.6. The third-order valence-corrected chi connectivity index (χ3v) is 2.85. The zero-order chi connectivity index (χ0) is 7.49. The van der Waals surface area contributed by atoms with Crippen molar-refractivity contribution < 1.29 is 0 Å². The van der Waals surface area contributed by atoms with Crippen molar-refractivity contribution in [3.8, 4) is 0 Å². The van der Waals surface area contributed by atoms with Crippen molar-refractivity contribution in [3.05, 3.63) is 12.7 Å². The molecule has 0 spiro atoms. The smallest absolute Gasteiger partial charge is 0.0461 e. The van der Waals surface area contributed by atoms with Crippen molar-refractivity contribution in [2.75, 3.05) is 0 Å². The van der Waals surface area contributed by atoms with E-state index >= 15 is 0 Å². The molecule has 0 aliphatic rings. The fourth-order valence-electron chi connectivity index (χ4n) is 0.790. The first-order valence-corrected chi connectivity index (χ1v) is 7.04. The van der Waals surface area contributed by atoms with Crippen LogP contribution in [0.2, 0.25) is 25.7 Å². The number of hydrogen-bond acceptors (Lipinski definition) is 1. The molecule has 1 atom stereocenters. The molecule has 0 aliphatic heterocycles. The van der Waals surface area contributed by atoms with Crippen molar-refractivity contribution in [1.82, 2.24) is 0 Å². The molecule has 0 heterocycles. The van der Waals surface area contributed by atoms with Gasteiger partial charge in [-0.3, -0.25) is 0 Å². The van der Waals surface area contributed by atoms with Gasteiger partial charge in [0, 0.05) is 14.1 Å². The van der Waals surface area contributed by atoms with Gasteiger partial charge in [0.2, 0.25) is 0 Å². The molecule has 0 aromatic heterocycles. The van der Waals surface area contributed by atoms with Crippen molar-refractivity contribution in [2.45, 2.75) is 31.7 Å². The fourth-order valence-corrected chi connectivity index (χ4v) is 2.37. The van der Waals surface area contributed by atoms with Gasteiger partial charge in [0.1, 0.15) is 0 Å². The second kappa shape index (κ2) is 3.18. The van der Waals surface area contributed by atoms with Gasteiger partial charge in [-0.15, -0.1) is 6.58 Å². The summed E-state index contributed by atoms with van der Waals surface area (Å²) in [5, 5.41) is 0.